The number of piperazine rings is 1. The molecule has 9 heteroatoms. The van der Waals surface area contributed by atoms with Crippen molar-refractivity contribution in [3.8, 4) is 17.2 Å². The number of carbonyl (C=O) groups excluding carboxylic acids is 1. The van der Waals surface area contributed by atoms with Crippen LogP contribution in [-0.4, -0.2) is 94.1 Å². The van der Waals surface area contributed by atoms with Gasteiger partial charge in [0.15, 0.2) is 0 Å². The average Bonchev–Trinajstić information content (AvgIpc) is 3.11. The van der Waals surface area contributed by atoms with Crippen LogP contribution in [0.1, 0.15) is 24.8 Å². The highest BCUT2D eigenvalue weighted by Crippen LogP contribution is 2.55. The predicted octanol–water partition coefficient (Wildman–Crippen LogP) is 6.05. The molecule has 1 N–H and O–H groups in total. The van der Waals surface area contributed by atoms with Crippen LogP contribution in [0.5, 0.6) is 17.2 Å². The molecule has 0 saturated carbocycles. The number of aliphatic hydroxyl groups excluding tert-OH is 1. The lowest BCUT2D eigenvalue weighted by Gasteiger charge is -2.41. The van der Waals surface area contributed by atoms with Crippen LogP contribution in [0.25, 0.3) is 10.8 Å². The molecule has 0 aromatic heterocycles. The van der Waals surface area contributed by atoms with Crippen LogP contribution in [-0.2, 0) is 9.54 Å². The second-order valence-corrected chi connectivity index (χ2v) is 13.7. The van der Waals surface area contributed by atoms with E-state index in [0.29, 0.717) is 24.5 Å². The molecular weight excluding hydrogens is 611 g/mol. The summed E-state index contributed by atoms with van der Waals surface area (Å²) >= 11 is 1.63. The molecule has 2 aliphatic rings. The first kappa shape index (κ1) is 33.2. The fourth-order valence-electron chi connectivity index (χ4n) is 6.79. The Kier molecular flexibility index (Phi) is 10.6. The number of carbonyl (C=O) groups is 1. The van der Waals surface area contributed by atoms with Gasteiger partial charge in [0.2, 0.25) is 5.91 Å². The topological polar surface area (TPSA) is 74.7 Å². The Morgan fingerprint density at radius 1 is 0.851 bits per heavy atom. The van der Waals surface area contributed by atoms with Crippen LogP contribution in [0.3, 0.4) is 0 Å². The Morgan fingerprint density at radius 2 is 1.60 bits per heavy atom. The zero-order valence-corrected chi connectivity index (χ0v) is 28.4. The van der Waals surface area contributed by atoms with Gasteiger partial charge in [0, 0.05) is 55.6 Å². The van der Waals surface area contributed by atoms with Crippen molar-refractivity contribution in [3.05, 3.63) is 90.5 Å². The molecule has 47 heavy (non-hydrogen) atoms. The van der Waals surface area contributed by atoms with Crippen molar-refractivity contribution in [2.24, 2.45) is 0 Å². The number of β-amino-alcohol motifs (C(OH)–C–C–N with tert-alkyl or cyclic N) is 1. The van der Waals surface area contributed by atoms with Gasteiger partial charge in [-0.15, -0.1) is 11.8 Å². The van der Waals surface area contributed by atoms with E-state index in [0.717, 1.165) is 78.2 Å². The van der Waals surface area contributed by atoms with Crippen molar-refractivity contribution < 1.29 is 24.1 Å². The number of ether oxygens (including phenoxy) is 3. The van der Waals surface area contributed by atoms with Gasteiger partial charge < -0.3 is 29.1 Å². The molecule has 1 saturated heterocycles. The molecule has 2 atom stereocenters. The SMILES string of the molecule is COc1ccc(OC)c(C2(CCCCN3CCN(CC(O)COc4cccc5ccccc45)CC3)Sc3ccccc3N(C)C2=O)c1. The van der Waals surface area contributed by atoms with Gasteiger partial charge in [-0.25, -0.2) is 0 Å². The summed E-state index contributed by atoms with van der Waals surface area (Å²) in [6, 6.07) is 28.0. The molecule has 4 aromatic rings. The third-order valence-corrected chi connectivity index (χ3v) is 10.9. The maximum Gasteiger partial charge on any atom is 0.248 e. The molecule has 2 unspecified atom stereocenters. The van der Waals surface area contributed by atoms with Crippen LogP contribution in [0, 0.1) is 0 Å². The number of hydrogen-bond acceptors (Lipinski definition) is 8. The number of nitrogens with zero attached hydrogens (tertiary/aromatic N) is 3. The monoisotopic (exact) mass is 655 g/mol. The zero-order chi connectivity index (χ0) is 32.8. The molecule has 0 aliphatic carbocycles. The van der Waals surface area contributed by atoms with Gasteiger partial charge in [-0.3, -0.25) is 9.69 Å². The van der Waals surface area contributed by atoms with E-state index in [2.05, 4.69) is 34.1 Å². The third kappa shape index (κ3) is 7.23. The largest absolute Gasteiger partial charge is 0.497 e. The van der Waals surface area contributed by atoms with Crippen LogP contribution >= 0.6 is 11.8 Å². The number of methoxy groups -OCH3 is 2. The second-order valence-electron chi connectivity index (χ2n) is 12.4. The normalized spacial score (nSPS) is 19.4. The Bertz CT molecular complexity index is 1670. The molecule has 2 heterocycles. The van der Waals surface area contributed by atoms with Crippen LogP contribution in [0.4, 0.5) is 5.69 Å². The van der Waals surface area contributed by atoms with Crippen LogP contribution < -0.4 is 19.1 Å². The van der Waals surface area contributed by atoms with Crippen molar-refractivity contribution in [1.29, 1.82) is 0 Å². The van der Waals surface area contributed by atoms with E-state index >= 15 is 0 Å². The van der Waals surface area contributed by atoms with Crippen molar-refractivity contribution in [2.45, 2.75) is 35.0 Å². The van der Waals surface area contributed by atoms with Crippen molar-refractivity contribution >= 4 is 34.1 Å². The zero-order valence-electron chi connectivity index (χ0n) is 27.6. The first-order valence-electron chi connectivity index (χ1n) is 16.4. The van der Waals surface area contributed by atoms with Gasteiger partial charge >= 0.3 is 0 Å². The van der Waals surface area contributed by atoms with Gasteiger partial charge in [0.1, 0.15) is 34.7 Å². The summed E-state index contributed by atoms with van der Waals surface area (Å²) in [5.41, 5.74) is 1.79. The summed E-state index contributed by atoms with van der Waals surface area (Å²) in [5.74, 6) is 2.27. The van der Waals surface area contributed by atoms with Crippen LogP contribution in [0.15, 0.2) is 89.8 Å². The highest BCUT2D eigenvalue weighted by atomic mass is 32.2. The van der Waals surface area contributed by atoms with Gasteiger partial charge in [-0.1, -0.05) is 48.5 Å². The Balaban J connectivity index is 1.03. The molecule has 8 nitrogen and oxygen atoms in total. The number of likely N-dealkylation sites (N-methyl/N-ethyl adjacent to an activating group) is 1. The van der Waals surface area contributed by atoms with Crippen molar-refractivity contribution in [3.63, 3.8) is 0 Å². The lowest BCUT2D eigenvalue weighted by molar-refractivity contribution is -0.121. The Hall–Kier alpha value is -3.76. The summed E-state index contributed by atoms with van der Waals surface area (Å²) in [6.07, 6.45) is 2.00. The van der Waals surface area contributed by atoms with Gasteiger partial charge in [-0.05, 0) is 67.6 Å². The molecular formula is C38H45N3O5S. The number of thioether (sulfide) groups is 1. The van der Waals surface area contributed by atoms with Crippen molar-refractivity contribution in [2.75, 3.05) is 72.0 Å². The number of rotatable bonds is 13. The summed E-state index contributed by atoms with van der Waals surface area (Å²) in [7, 11) is 5.18. The number of fused-ring (bicyclic) bond motifs is 2. The fourth-order valence-corrected chi connectivity index (χ4v) is 8.36. The van der Waals surface area contributed by atoms with Gasteiger partial charge in [0.25, 0.3) is 0 Å². The van der Waals surface area contributed by atoms with E-state index in [-0.39, 0.29) is 12.5 Å². The lowest BCUT2D eigenvalue weighted by Crippen LogP contribution is -2.49. The number of amides is 1. The summed E-state index contributed by atoms with van der Waals surface area (Å²) < 4.78 is 16.6. The summed E-state index contributed by atoms with van der Waals surface area (Å²) in [6.45, 7) is 5.56. The minimum Gasteiger partial charge on any atom is -0.497 e. The smallest absolute Gasteiger partial charge is 0.248 e. The number of para-hydroxylation sites is 1. The molecule has 6 rings (SSSR count). The first-order valence-corrected chi connectivity index (χ1v) is 17.3. The van der Waals surface area contributed by atoms with Crippen LogP contribution in [0.2, 0.25) is 0 Å². The maximum atomic E-state index is 14.2. The molecule has 2 aliphatic heterocycles. The van der Waals surface area contributed by atoms with E-state index in [9.17, 15) is 9.90 Å². The first-order chi connectivity index (χ1) is 22.9. The number of unbranched alkanes of at least 4 members (excludes halogenated alkanes) is 1. The minimum atomic E-state index is -0.827. The number of hydrogen-bond donors (Lipinski definition) is 1. The molecule has 0 spiro atoms. The summed E-state index contributed by atoms with van der Waals surface area (Å²) in [5, 5.41) is 13.0. The van der Waals surface area contributed by atoms with E-state index in [1.54, 1.807) is 30.9 Å². The molecule has 0 bridgehead atoms. The molecule has 1 fully saturated rings. The third-order valence-electron chi connectivity index (χ3n) is 9.37. The van der Waals surface area contributed by atoms with E-state index in [1.807, 2.05) is 67.7 Å². The molecule has 248 valence electrons. The number of benzene rings is 4. The van der Waals surface area contributed by atoms with E-state index in [4.69, 9.17) is 14.2 Å². The quantitative estimate of drug-likeness (QED) is 0.175. The second kappa shape index (κ2) is 15.0. The predicted molar refractivity (Wildman–Crippen MR) is 189 cm³/mol. The Morgan fingerprint density at radius 3 is 2.40 bits per heavy atom. The standard InChI is InChI=1S/C38H45N3O5S/c1-39-33-14-6-7-16-36(33)47-38(37(39)43,32-25-30(44-2)17-18-35(32)45-3)19-8-9-20-40-21-23-41(24-22-40)26-29(42)27-46-34-15-10-12-28-11-4-5-13-31(28)34/h4-7,10-18,25,29,42H,8-9,19-24,26-27H2,1-3H3. The minimum absolute atomic E-state index is 0.0596. The highest BCUT2D eigenvalue weighted by Gasteiger charge is 2.48. The van der Waals surface area contributed by atoms with Crippen molar-refractivity contribution in [1.82, 2.24) is 9.80 Å². The maximum absolute atomic E-state index is 14.2. The van der Waals surface area contributed by atoms with E-state index < -0.39 is 10.9 Å². The molecule has 1 amide bonds. The number of aliphatic hydroxyl groups is 1. The Labute approximate surface area is 282 Å². The number of anilines is 1. The molecule has 0 radical (unpaired) electrons. The highest BCUT2D eigenvalue weighted by molar-refractivity contribution is 8.01. The van der Waals surface area contributed by atoms with Gasteiger partial charge in [0.05, 0.1) is 19.9 Å². The fraction of sp³-hybridized carbons (Fsp3) is 0.395. The average molecular weight is 656 g/mol. The molecule has 4 aromatic carbocycles. The lowest BCUT2D eigenvalue weighted by atomic mass is 9.89. The van der Waals surface area contributed by atoms with Gasteiger partial charge in [-0.2, -0.15) is 0 Å². The summed E-state index contributed by atoms with van der Waals surface area (Å²) in [4.78, 5) is 21.9. The van der Waals surface area contributed by atoms with E-state index in [1.165, 1.54) is 0 Å².